The molecule has 1 N–H and O–H groups in total. The van der Waals surface area contributed by atoms with Gasteiger partial charge in [-0.15, -0.1) is 0 Å². The lowest BCUT2D eigenvalue weighted by Gasteiger charge is -2.16. The second kappa shape index (κ2) is 9.56. The minimum absolute atomic E-state index is 0.0178. The number of carbonyl (C=O) groups excluding carboxylic acids is 2. The Morgan fingerprint density at radius 3 is 2.72 bits per heavy atom. The van der Waals surface area contributed by atoms with Crippen LogP contribution in [0.3, 0.4) is 0 Å². The summed E-state index contributed by atoms with van der Waals surface area (Å²) in [6, 6.07) is 8.36. The minimum Gasteiger partial charge on any atom is -0.379 e. The molecule has 1 heterocycles. The standard InChI is InChI=1S/C20H30N2O3/c1-15(2)25-12-4-10-21-20(24)18-13-19(23)22(14-18)11-9-17-7-5-16(3)6-8-17/h5-8,15,18H,4,9-14H2,1-3H3,(H,21,24)/t18-/m0/s1. The maximum atomic E-state index is 12.2. The monoisotopic (exact) mass is 346 g/mol. The number of amides is 2. The molecule has 1 aliphatic rings. The molecule has 1 aromatic carbocycles. The lowest BCUT2D eigenvalue weighted by Crippen LogP contribution is -2.34. The van der Waals surface area contributed by atoms with Crippen LogP contribution in [0.5, 0.6) is 0 Å². The summed E-state index contributed by atoms with van der Waals surface area (Å²) in [4.78, 5) is 26.2. The summed E-state index contributed by atoms with van der Waals surface area (Å²) >= 11 is 0. The number of hydrogen-bond donors (Lipinski definition) is 1. The Balaban J connectivity index is 1.69. The van der Waals surface area contributed by atoms with Crippen molar-refractivity contribution in [1.29, 1.82) is 0 Å². The van der Waals surface area contributed by atoms with Gasteiger partial charge in [0.15, 0.2) is 0 Å². The molecule has 0 bridgehead atoms. The van der Waals surface area contributed by atoms with E-state index >= 15 is 0 Å². The molecule has 0 spiro atoms. The predicted molar refractivity (Wildman–Crippen MR) is 98.3 cm³/mol. The zero-order chi connectivity index (χ0) is 18.2. The van der Waals surface area contributed by atoms with Gasteiger partial charge in [0, 0.05) is 32.7 Å². The molecule has 5 nitrogen and oxygen atoms in total. The van der Waals surface area contributed by atoms with Crippen LogP contribution in [0.1, 0.15) is 37.8 Å². The fourth-order valence-electron chi connectivity index (χ4n) is 2.93. The minimum atomic E-state index is -0.225. The number of nitrogens with one attached hydrogen (secondary N) is 1. The van der Waals surface area contributed by atoms with Crippen LogP contribution in [-0.2, 0) is 20.7 Å². The normalized spacial score (nSPS) is 17.4. The van der Waals surface area contributed by atoms with Gasteiger partial charge in [0.25, 0.3) is 0 Å². The Morgan fingerprint density at radius 2 is 2.04 bits per heavy atom. The summed E-state index contributed by atoms with van der Waals surface area (Å²) in [6.07, 6.45) is 2.15. The number of nitrogens with zero attached hydrogens (tertiary/aromatic N) is 1. The van der Waals surface area contributed by atoms with Gasteiger partial charge >= 0.3 is 0 Å². The van der Waals surface area contributed by atoms with Crippen LogP contribution >= 0.6 is 0 Å². The maximum Gasteiger partial charge on any atom is 0.225 e. The van der Waals surface area contributed by atoms with Crippen molar-refractivity contribution in [3.8, 4) is 0 Å². The molecule has 1 saturated heterocycles. The molecule has 138 valence electrons. The number of rotatable bonds is 9. The average molecular weight is 346 g/mol. The van der Waals surface area contributed by atoms with E-state index in [9.17, 15) is 9.59 Å². The van der Waals surface area contributed by atoms with E-state index in [0.29, 0.717) is 32.7 Å². The molecule has 1 aliphatic heterocycles. The molecule has 0 aliphatic carbocycles. The summed E-state index contributed by atoms with van der Waals surface area (Å²) in [5, 5.41) is 2.92. The Morgan fingerprint density at radius 1 is 1.32 bits per heavy atom. The zero-order valence-electron chi connectivity index (χ0n) is 15.6. The summed E-state index contributed by atoms with van der Waals surface area (Å²) in [6.45, 7) is 8.49. The van der Waals surface area contributed by atoms with Crippen molar-refractivity contribution in [1.82, 2.24) is 10.2 Å². The molecule has 0 unspecified atom stereocenters. The topological polar surface area (TPSA) is 58.6 Å². The highest BCUT2D eigenvalue weighted by Crippen LogP contribution is 2.18. The Bertz CT molecular complexity index is 569. The van der Waals surface area contributed by atoms with Crippen molar-refractivity contribution >= 4 is 11.8 Å². The first-order valence-corrected chi connectivity index (χ1v) is 9.18. The quantitative estimate of drug-likeness (QED) is 0.698. The first kappa shape index (κ1) is 19.4. The van der Waals surface area contributed by atoms with Gasteiger partial charge < -0.3 is 15.0 Å². The summed E-state index contributed by atoms with van der Waals surface area (Å²) in [5.41, 5.74) is 2.45. The summed E-state index contributed by atoms with van der Waals surface area (Å²) < 4.78 is 5.45. The Hall–Kier alpha value is -1.88. The molecule has 25 heavy (non-hydrogen) atoms. The number of likely N-dealkylation sites (tertiary alicyclic amines) is 1. The van der Waals surface area contributed by atoms with Crippen molar-refractivity contribution < 1.29 is 14.3 Å². The molecule has 0 saturated carbocycles. The highest BCUT2D eigenvalue weighted by Gasteiger charge is 2.33. The molecule has 0 aromatic heterocycles. The van der Waals surface area contributed by atoms with Gasteiger partial charge in [0.1, 0.15) is 0 Å². The Labute approximate surface area is 150 Å². The number of aryl methyl sites for hydroxylation is 1. The fourth-order valence-corrected chi connectivity index (χ4v) is 2.93. The number of benzene rings is 1. The molecule has 2 rings (SSSR count). The molecular formula is C20H30N2O3. The Kier molecular flexibility index (Phi) is 7.44. The lowest BCUT2D eigenvalue weighted by atomic mass is 10.1. The molecule has 1 aromatic rings. The van der Waals surface area contributed by atoms with Crippen LogP contribution in [0.25, 0.3) is 0 Å². The van der Waals surface area contributed by atoms with E-state index < -0.39 is 0 Å². The molecule has 1 fully saturated rings. The van der Waals surface area contributed by atoms with E-state index in [1.54, 1.807) is 0 Å². The third-order valence-electron chi connectivity index (χ3n) is 4.45. The molecule has 1 atom stereocenters. The third-order valence-corrected chi connectivity index (χ3v) is 4.45. The average Bonchev–Trinajstić information content (AvgIpc) is 2.94. The van der Waals surface area contributed by atoms with E-state index in [4.69, 9.17) is 4.74 Å². The van der Waals surface area contributed by atoms with Crippen molar-refractivity contribution in [2.24, 2.45) is 5.92 Å². The summed E-state index contributed by atoms with van der Waals surface area (Å²) in [7, 11) is 0. The van der Waals surface area contributed by atoms with Gasteiger partial charge in [-0.1, -0.05) is 29.8 Å². The highest BCUT2D eigenvalue weighted by molar-refractivity contribution is 5.89. The molecule has 0 radical (unpaired) electrons. The van der Waals surface area contributed by atoms with Crippen molar-refractivity contribution in [2.45, 2.75) is 46.1 Å². The van der Waals surface area contributed by atoms with Gasteiger partial charge in [0.2, 0.25) is 11.8 Å². The van der Waals surface area contributed by atoms with Crippen molar-refractivity contribution in [3.63, 3.8) is 0 Å². The maximum absolute atomic E-state index is 12.2. The largest absolute Gasteiger partial charge is 0.379 e. The zero-order valence-corrected chi connectivity index (χ0v) is 15.6. The predicted octanol–water partition coefficient (Wildman–Crippen LogP) is 2.32. The molecule has 5 heteroatoms. The number of carbonyl (C=O) groups is 2. The second-order valence-electron chi connectivity index (χ2n) is 7.04. The van der Waals surface area contributed by atoms with Gasteiger partial charge in [-0.25, -0.2) is 0 Å². The van der Waals surface area contributed by atoms with E-state index in [1.165, 1.54) is 11.1 Å². The van der Waals surface area contributed by atoms with E-state index in [1.807, 2.05) is 18.7 Å². The van der Waals surface area contributed by atoms with Crippen LogP contribution in [0.15, 0.2) is 24.3 Å². The molecule has 2 amide bonds. The first-order chi connectivity index (χ1) is 12.0. The second-order valence-corrected chi connectivity index (χ2v) is 7.04. The van der Waals surface area contributed by atoms with Gasteiger partial charge in [0.05, 0.1) is 12.0 Å². The van der Waals surface area contributed by atoms with Crippen LogP contribution in [0, 0.1) is 12.8 Å². The van der Waals surface area contributed by atoms with Crippen molar-refractivity contribution in [3.05, 3.63) is 35.4 Å². The van der Waals surface area contributed by atoms with Gasteiger partial charge in [-0.2, -0.15) is 0 Å². The van der Waals surface area contributed by atoms with E-state index in [2.05, 4.69) is 36.5 Å². The SMILES string of the molecule is Cc1ccc(CCN2C[C@@H](C(=O)NCCCOC(C)C)CC2=O)cc1. The highest BCUT2D eigenvalue weighted by atomic mass is 16.5. The van der Waals surface area contributed by atoms with Gasteiger partial charge in [-0.3, -0.25) is 9.59 Å². The first-order valence-electron chi connectivity index (χ1n) is 9.18. The van der Waals surface area contributed by atoms with Crippen LogP contribution in [-0.4, -0.2) is 49.1 Å². The third kappa shape index (κ3) is 6.50. The van der Waals surface area contributed by atoms with Crippen LogP contribution in [0.4, 0.5) is 0 Å². The van der Waals surface area contributed by atoms with Crippen LogP contribution in [0.2, 0.25) is 0 Å². The van der Waals surface area contributed by atoms with E-state index in [-0.39, 0.29) is 23.8 Å². The van der Waals surface area contributed by atoms with Gasteiger partial charge in [-0.05, 0) is 39.2 Å². The smallest absolute Gasteiger partial charge is 0.225 e. The number of hydrogen-bond acceptors (Lipinski definition) is 3. The fraction of sp³-hybridized carbons (Fsp3) is 0.600. The summed E-state index contributed by atoms with van der Waals surface area (Å²) in [5.74, 6) is -0.164. The number of ether oxygens (including phenoxy) is 1. The van der Waals surface area contributed by atoms with Crippen molar-refractivity contribution in [2.75, 3.05) is 26.2 Å². The lowest BCUT2D eigenvalue weighted by molar-refractivity contribution is -0.129. The molecular weight excluding hydrogens is 316 g/mol. The van der Waals surface area contributed by atoms with Crippen LogP contribution < -0.4 is 5.32 Å². The van der Waals surface area contributed by atoms with E-state index in [0.717, 1.165) is 12.8 Å².